The summed E-state index contributed by atoms with van der Waals surface area (Å²) in [4.78, 5) is 0. The topological polar surface area (TPSA) is 59.3 Å². The minimum absolute atomic E-state index is 0.612. The molecule has 0 unspecified atom stereocenters. The van der Waals surface area contributed by atoms with E-state index in [1.807, 2.05) is 0 Å². The van der Waals surface area contributed by atoms with E-state index in [9.17, 15) is 5.11 Å². The molecule has 5 nitrogen and oxygen atoms in total. The van der Waals surface area contributed by atoms with Crippen LogP contribution in [0.2, 0.25) is 0 Å². The van der Waals surface area contributed by atoms with Crippen LogP contribution in [-0.4, -0.2) is 40.2 Å². The van der Waals surface area contributed by atoms with Crippen LogP contribution >= 0.6 is 0 Å². The number of ether oxygens (including phenoxy) is 1. The highest BCUT2D eigenvalue weighted by Crippen LogP contribution is 2.20. The minimum atomic E-state index is -0.612. The number of aromatic nitrogens is 2. The molecule has 2 rings (SSSR count). The lowest BCUT2D eigenvalue weighted by atomic mass is 9.94. The van der Waals surface area contributed by atoms with Gasteiger partial charge in [-0.1, -0.05) is 6.92 Å². The van der Waals surface area contributed by atoms with E-state index in [-0.39, 0.29) is 0 Å². The van der Waals surface area contributed by atoms with Gasteiger partial charge in [-0.25, -0.2) is 0 Å². The van der Waals surface area contributed by atoms with Gasteiger partial charge in [-0.05, 0) is 20.3 Å². The Morgan fingerprint density at radius 3 is 2.70 bits per heavy atom. The number of hydrogen-bond donors (Lipinski definition) is 2. The Bertz CT molecular complexity index is 437. The lowest BCUT2D eigenvalue weighted by molar-refractivity contribution is -0.0617. The van der Waals surface area contributed by atoms with Gasteiger partial charge in [0, 0.05) is 56.9 Å². The van der Waals surface area contributed by atoms with Crippen LogP contribution in [0.1, 0.15) is 43.1 Å². The van der Waals surface area contributed by atoms with Gasteiger partial charge >= 0.3 is 0 Å². The summed E-state index contributed by atoms with van der Waals surface area (Å²) in [5, 5.41) is 18.4. The van der Waals surface area contributed by atoms with Gasteiger partial charge in [0.15, 0.2) is 0 Å². The fraction of sp³-hybridized carbons (Fsp3) is 0.800. The summed E-state index contributed by atoms with van der Waals surface area (Å²) in [6.07, 6.45) is 2.52. The normalized spacial score (nSPS) is 18.4. The second-order valence-corrected chi connectivity index (χ2v) is 5.81. The standard InChI is InChI=1S/C15H27N3O2/c1-4-7-18-13(3)14(12(2)17-18)10-16-11-15(19)5-8-20-9-6-15/h16,19H,4-11H2,1-3H3. The zero-order valence-corrected chi connectivity index (χ0v) is 12.9. The third kappa shape index (κ3) is 3.59. The number of nitrogens with zero attached hydrogens (tertiary/aromatic N) is 2. The van der Waals surface area contributed by atoms with Crippen molar-refractivity contribution in [3.05, 3.63) is 17.0 Å². The summed E-state index contributed by atoms with van der Waals surface area (Å²) >= 11 is 0. The molecule has 1 saturated heterocycles. The maximum atomic E-state index is 10.4. The third-order valence-corrected chi connectivity index (χ3v) is 4.15. The first kappa shape index (κ1) is 15.5. The van der Waals surface area contributed by atoms with Crippen LogP contribution in [0, 0.1) is 13.8 Å². The van der Waals surface area contributed by atoms with Crippen LogP contribution in [0.15, 0.2) is 0 Å². The van der Waals surface area contributed by atoms with Gasteiger partial charge in [0.2, 0.25) is 0 Å². The molecule has 2 N–H and O–H groups in total. The van der Waals surface area contributed by atoms with Gasteiger partial charge in [-0.2, -0.15) is 5.10 Å². The van der Waals surface area contributed by atoms with Crippen molar-refractivity contribution in [2.45, 2.75) is 58.7 Å². The smallest absolute Gasteiger partial charge is 0.0815 e. The molecular formula is C15H27N3O2. The Labute approximate surface area is 121 Å². The molecular weight excluding hydrogens is 254 g/mol. The zero-order chi connectivity index (χ0) is 14.6. The molecule has 1 aliphatic heterocycles. The molecule has 1 aliphatic rings. The molecule has 0 amide bonds. The quantitative estimate of drug-likeness (QED) is 0.830. The van der Waals surface area contributed by atoms with Gasteiger partial charge < -0.3 is 15.2 Å². The van der Waals surface area contributed by atoms with Crippen LogP contribution in [0.25, 0.3) is 0 Å². The molecule has 1 aromatic rings. The van der Waals surface area contributed by atoms with Crippen LogP contribution in [0.3, 0.4) is 0 Å². The van der Waals surface area contributed by atoms with Gasteiger partial charge in [-0.15, -0.1) is 0 Å². The summed E-state index contributed by atoms with van der Waals surface area (Å²) in [5.74, 6) is 0. The monoisotopic (exact) mass is 281 g/mol. The van der Waals surface area contributed by atoms with Gasteiger partial charge in [0.25, 0.3) is 0 Å². The molecule has 0 saturated carbocycles. The first-order chi connectivity index (χ1) is 9.56. The molecule has 2 heterocycles. The van der Waals surface area contributed by atoms with Crippen molar-refractivity contribution in [2.24, 2.45) is 0 Å². The highest BCUT2D eigenvalue weighted by atomic mass is 16.5. The predicted molar refractivity (Wildman–Crippen MR) is 78.7 cm³/mol. The Morgan fingerprint density at radius 1 is 1.35 bits per heavy atom. The highest BCUT2D eigenvalue weighted by Gasteiger charge is 2.29. The number of aliphatic hydroxyl groups is 1. The number of nitrogens with one attached hydrogen (secondary N) is 1. The second kappa shape index (κ2) is 6.70. The van der Waals surface area contributed by atoms with Crippen LogP contribution in [0.4, 0.5) is 0 Å². The summed E-state index contributed by atoms with van der Waals surface area (Å²) in [7, 11) is 0. The molecule has 0 spiro atoms. The number of rotatable bonds is 6. The van der Waals surface area contributed by atoms with E-state index in [2.05, 4.69) is 35.9 Å². The number of hydrogen-bond acceptors (Lipinski definition) is 4. The average Bonchev–Trinajstić information content (AvgIpc) is 2.67. The molecule has 0 aromatic carbocycles. The van der Waals surface area contributed by atoms with E-state index in [1.54, 1.807) is 0 Å². The summed E-state index contributed by atoms with van der Waals surface area (Å²) in [5.41, 5.74) is 2.96. The lowest BCUT2D eigenvalue weighted by Crippen LogP contribution is -2.44. The molecule has 0 atom stereocenters. The van der Waals surface area contributed by atoms with Crippen LogP contribution in [0.5, 0.6) is 0 Å². The summed E-state index contributed by atoms with van der Waals surface area (Å²) < 4.78 is 7.38. The Kier molecular flexibility index (Phi) is 5.18. The van der Waals surface area contributed by atoms with Crippen molar-refractivity contribution in [3.8, 4) is 0 Å². The molecule has 20 heavy (non-hydrogen) atoms. The minimum Gasteiger partial charge on any atom is -0.388 e. The van der Waals surface area contributed by atoms with E-state index >= 15 is 0 Å². The largest absolute Gasteiger partial charge is 0.388 e. The second-order valence-electron chi connectivity index (χ2n) is 5.81. The first-order valence-electron chi connectivity index (χ1n) is 7.59. The molecule has 114 valence electrons. The maximum Gasteiger partial charge on any atom is 0.0815 e. The van der Waals surface area contributed by atoms with E-state index < -0.39 is 5.60 Å². The average molecular weight is 281 g/mol. The van der Waals surface area contributed by atoms with Crippen LogP contribution in [-0.2, 0) is 17.8 Å². The third-order valence-electron chi connectivity index (χ3n) is 4.15. The molecule has 0 radical (unpaired) electrons. The lowest BCUT2D eigenvalue weighted by Gasteiger charge is -2.32. The van der Waals surface area contributed by atoms with Crippen molar-refractivity contribution in [1.29, 1.82) is 0 Å². The zero-order valence-electron chi connectivity index (χ0n) is 12.9. The Morgan fingerprint density at radius 2 is 2.05 bits per heavy atom. The SMILES string of the molecule is CCCn1nc(C)c(CNCC2(O)CCOCC2)c1C. The van der Waals surface area contributed by atoms with Crippen molar-refractivity contribution in [3.63, 3.8) is 0 Å². The summed E-state index contributed by atoms with van der Waals surface area (Å²) in [6, 6.07) is 0. The summed E-state index contributed by atoms with van der Waals surface area (Å²) in [6.45, 7) is 10.0. The van der Waals surface area contributed by atoms with Crippen LogP contribution < -0.4 is 5.32 Å². The highest BCUT2D eigenvalue weighted by molar-refractivity contribution is 5.24. The van der Waals surface area contributed by atoms with E-state index in [0.29, 0.717) is 32.6 Å². The van der Waals surface area contributed by atoms with E-state index in [4.69, 9.17) is 4.74 Å². The maximum absolute atomic E-state index is 10.4. The van der Waals surface area contributed by atoms with E-state index in [1.165, 1.54) is 11.3 Å². The fourth-order valence-corrected chi connectivity index (χ4v) is 2.77. The van der Waals surface area contributed by atoms with E-state index in [0.717, 1.165) is 25.2 Å². The number of aryl methyl sites for hydroxylation is 2. The van der Waals surface area contributed by atoms with Crippen molar-refractivity contribution in [2.75, 3.05) is 19.8 Å². The van der Waals surface area contributed by atoms with Gasteiger partial charge in [0.05, 0.1) is 11.3 Å². The molecule has 5 heteroatoms. The fourth-order valence-electron chi connectivity index (χ4n) is 2.77. The molecule has 0 aliphatic carbocycles. The van der Waals surface area contributed by atoms with Crippen molar-refractivity contribution >= 4 is 0 Å². The van der Waals surface area contributed by atoms with Crippen molar-refractivity contribution < 1.29 is 9.84 Å². The first-order valence-corrected chi connectivity index (χ1v) is 7.59. The van der Waals surface area contributed by atoms with Gasteiger partial charge in [-0.3, -0.25) is 4.68 Å². The Hall–Kier alpha value is -0.910. The predicted octanol–water partition coefficient (Wildman–Crippen LogP) is 1.54. The molecule has 1 fully saturated rings. The van der Waals surface area contributed by atoms with Gasteiger partial charge in [0.1, 0.15) is 0 Å². The molecule has 0 bridgehead atoms. The Balaban J connectivity index is 1.90. The van der Waals surface area contributed by atoms with Crippen molar-refractivity contribution in [1.82, 2.24) is 15.1 Å². The molecule has 1 aromatic heterocycles.